The maximum atomic E-state index is 6.56. The Labute approximate surface area is 87.4 Å². The van der Waals surface area contributed by atoms with Crippen LogP contribution in [0.25, 0.3) is 0 Å². The van der Waals surface area contributed by atoms with E-state index in [1.165, 1.54) is 44.9 Å². The van der Waals surface area contributed by atoms with Crippen LogP contribution in [0.1, 0.15) is 58.8 Å². The highest BCUT2D eigenvalue weighted by molar-refractivity contribution is 5.11. The number of hydrogen-bond acceptors (Lipinski definition) is 1. The fourth-order valence-corrected chi connectivity index (χ4v) is 5.23. The average Bonchev–Trinajstić information content (AvgIpc) is 2.10. The van der Waals surface area contributed by atoms with Crippen molar-refractivity contribution in [2.75, 3.05) is 0 Å². The van der Waals surface area contributed by atoms with Crippen molar-refractivity contribution in [3.63, 3.8) is 0 Å². The van der Waals surface area contributed by atoms with E-state index in [9.17, 15) is 0 Å². The molecule has 1 nitrogen and oxygen atoms in total. The molecule has 14 heavy (non-hydrogen) atoms. The minimum Gasteiger partial charge on any atom is -0.325 e. The third-order valence-corrected chi connectivity index (χ3v) is 5.41. The molecular weight excluding hydrogens is 170 g/mol. The van der Waals surface area contributed by atoms with Gasteiger partial charge in [0.05, 0.1) is 0 Å². The van der Waals surface area contributed by atoms with E-state index in [2.05, 4.69) is 13.8 Å². The standard InChI is InChI=1S/C13H23N/c1-11-6-10-7-13(14,9-11)5-3-4-12(10,2)8-11/h10H,3-9,14H2,1-2H3. The molecule has 4 unspecified atom stereocenters. The van der Waals surface area contributed by atoms with Crippen molar-refractivity contribution in [3.05, 3.63) is 0 Å². The monoisotopic (exact) mass is 193 g/mol. The molecule has 1 heteroatoms. The topological polar surface area (TPSA) is 26.0 Å². The summed E-state index contributed by atoms with van der Waals surface area (Å²) in [5.74, 6) is 0.939. The van der Waals surface area contributed by atoms with Gasteiger partial charge in [0.1, 0.15) is 0 Å². The van der Waals surface area contributed by atoms with E-state index in [1.54, 1.807) is 0 Å². The first kappa shape index (κ1) is 9.21. The highest BCUT2D eigenvalue weighted by Gasteiger charge is 2.58. The summed E-state index contributed by atoms with van der Waals surface area (Å²) in [5, 5.41) is 0. The van der Waals surface area contributed by atoms with Crippen molar-refractivity contribution < 1.29 is 0 Å². The van der Waals surface area contributed by atoms with Crippen molar-refractivity contribution in [1.82, 2.24) is 0 Å². The minimum absolute atomic E-state index is 0.214. The Balaban J connectivity index is 2.04. The van der Waals surface area contributed by atoms with Crippen LogP contribution in [0.5, 0.6) is 0 Å². The zero-order valence-corrected chi connectivity index (χ0v) is 9.60. The fourth-order valence-electron chi connectivity index (χ4n) is 5.23. The van der Waals surface area contributed by atoms with Crippen molar-refractivity contribution >= 4 is 0 Å². The van der Waals surface area contributed by atoms with Gasteiger partial charge < -0.3 is 5.73 Å². The lowest BCUT2D eigenvalue weighted by Gasteiger charge is -2.42. The number of fused-ring (bicyclic) bond motifs is 2. The number of rotatable bonds is 0. The molecule has 0 heterocycles. The average molecular weight is 193 g/mol. The predicted molar refractivity (Wildman–Crippen MR) is 58.9 cm³/mol. The molecule has 3 bridgehead atoms. The highest BCUT2D eigenvalue weighted by atomic mass is 14.8. The molecule has 0 radical (unpaired) electrons. The van der Waals surface area contributed by atoms with E-state index < -0.39 is 0 Å². The molecule has 0 aromatic heterocycles. The van der Waals surface area contributed by atoms with E-state index in [0.29, 0.717) is 10.8 Å². The quantitative estimate of drug-likeness (QED) is 0.628. The third kappa shape index (κ3) is 1.11. The molecule has 3 aliphatic carbocycles. The van der Waals surface area contributed by atoms with Crippen molar-refractivity contribution in [2.45, 2.75) is 64.3 Å². The molecule has 0 saturated heterocycles. The van der Waals surface area contributed by atoms with E-state index >= 15 is 0 Å². The van der Waals surface area contributed by atoms with Crippen molar-refractivity contribution in [3.8, 4) is 0 Å². The highest BCUT2D eigenvalue weighted by Crippen LogP contribution is 2.65. The summed E-state index contributed by atoms with van der Waals surface area (Å²) in [6.45, 7) is 5.01. The Bertz CT molecular complexity index is 268. The van der Waals surface area contributed by atoms with Crippen LogP contribution in [0.15, 0.2) is 0 Å². The van der Waals surface area contributed by atoms with Crippen LogP contribution in [0.2, 0.25) is 0 Å². The molecule has 3 aliphatic rings. The fraction of sp³-hybridized carbons (Fsp3) is 1.00. The molecular formula is C13H23N. The second-order valence-corrected chi connectivity index (χ2v) is 7.14. The lowest BCUT2D eigenvalue weighted by atomic mass is 9.67. The first-order valence-electron chi connectivity index (χ1n) is 6.22. The maximum absolute atomic E-state index is 6.56. The van der Waals surface area contributed by atoms with Gasteiger partial charge >= 0.3 is 0 Å². The summed E-state index contributed by atoms with van der Waals surface area (Å²) >= 11 is 0. The van der Waals surface area contributed by atoms with E-state index in [0.717, 1.165) is 5.92 Å². The molecule has 4 atom stereocenters. The zero-order chi connectivity index (χ0) is 10.0. The minimum atomic E-state index is 0.214. The van der Waals surface area contributed by atoms with Crippen LogP contribution < -0.4 is 5.73 Å². The second kappa shape index (κ2) is 2.37. The van der Waals surface area contributed by atoms with Crippen LogP contribution in [0.3, 0.4) is 0 Å². The summed E-state index contributed by atoms with van der Waals surface area (Å²) in [7, 11) is 0. The number of hydrogen-bond donors (Lipinski definition) is 1. The van der Waals surface area contributed by atoms with Crippen LogP contribution in [-0.2, 0) is 0 Å². The molecule has 0 aromatic carbocycles. The first-order valence-corrected chi connectivity index (χ1v) is 6.22. The van der Waals surface area contributed by atoms with Gasteiger partial charge in [0.25, 0.3) is 0 Å². The molecule has 3 saturated carbocycles. The first-order chi connectivity index (χ1) is 6.43. The normalized spacial score (nSPS) is 61.5. The molecule has 3 fully saturated rings. The summed E-state index contributed by atoms with van der Waals surface area (Å²) in [4.78, 5) is 0. The third-order valence-electron chi connectivity index (χ3n) is 5.41. The van der Waals surface area contributed by atoms with Gasteiger partial charge in [-0.15, -0.1) is 0 Å². The Morgan fingerprint density at radius 1 is 1.07 bits per heavy atom. The van der Waals surface area contributed by atoms with Crippen molar-refractivity contribution in [1.29, 1.82) is 0 Å². The van der Waals surface area contributed by atoms with Gasteiger partial charge in [-0.05, 0) is 55.3 Å². The Hall–Kier alpha value is -0.0400. The van der Waals surface area contributed by atoms with E-state index in [-0.39, 0.29) is 5.54 Å². The lowest BCUT2D eigenvalue weighted by molar-refractivity contribution is 0.138. The smallest absolute Gasteiger partial charge is 0.0162 e. The maximum Gasteiger partial charge on any atom is 0.0162 e. The summed E-state index contributed by atoms with van der Waals surface area (Å²) in [5.41, 5.74) is 8.01. The van der Waals surface area contributed by atoms with Crippen LogP contribution >= 0.6 is 0 Å². The van der Waals surface area contributed by atoms with E-state index in [4.69, 9.17) is 5.73 Å². The van der Waals surface area contributed by atoms with Crippen LogP contribution in [-0.4, -0.2) is 5.54 Å². The molecule has 0 aromatic rings. The van der Waals surface area contributed by atoms with Gasteiger partial charge in [0, 0.05) is 5.54 Å². The summed E-state index contributed by atoms with van der Waals surface area (Å²) in [6.07, 6.45) is 9.62. The van der Waals surface area contributed by atoms with Crippen LogP contribution in [0.4, 0.5) is 0 Å². The Morgan fingerprint density at radius 3 is 2.64 bits per heavy atom. The number of nitrogens with two attached hydrogens (primary N) is 1. The summed E-state index contributed by atoms with van der Waals surface area (Å²) < 4.78 is 0. The SMILES string of the molecule is CC12CC3CC(N)(CCCC3(C)C1)C2. The Kier molecular flexibility index (Phi) is 1.56. The molecule has 3 rings (SSSR count). The zero-order valence-electron chi connectivity index (χ0n) is 9.60. The van der Waals surface area contributed by atoms with Gasteiger partial charge in [-0.1, -0.05) is 20.3 Å². The van der Waals surface area contributed by atoms with Gasteiger partial charge in [-0.3, -0.25) is 0 Å². The predicted octanol–water partition coefficient (Wildman–Crippen LogP) is 3.08. The molecule has 2 N–H and O–H groups in total. The van der Waals surface area contributed by atoms with Gasteiger partial charge in [0.15, 0.2) is 0 Å². The molecule has 0 aliphatic heterocycles. The second-order valence-electron chi connectivity index (χ2n) is 7.14. The lowest BCUT2D eigenvalue weighted by Crippen LogP contribution is -2.47. The van der Waals surface area contributed by atoms with Crippen molar-refractivity contribution in [2.24, 2.45) is 22.5 Å². The summed E-state index contributed by atoms with van der Waals surface area (Å²) in [6, 6.07) is 0. The Morgan fingerprint density at radius 2 is 1.86 bits per heavy atom. The van der Waals surface area contributed by atoms with Gasteiger partial charge in [0.2, 0.25) is 0 Å². The van der Waals surface area contributed by atoms with Crippen LogP contribution in [0, 0.1) is 16.7 Å². The van der Waals surface area contributed by atoms with Gasteiger partial charge in [-0.2, -0.15) is 0 Å². The molecule has 0 spiro atoms. The van der Waals surface area contributed by atoms with E-state index in [1.807, 2.05) is 0 Å². The molecule has 80 valence electrons. The largest absolute Gasteiger partial charge is 0.325 e. The van der Waals surface area contributed by atoms with Gasteiger partial charge in [-0.25, -0.2) is 0 Å². The molecule has 0 amide bonds.